The topological polar surface area (TPSA) is 78.4 Å². The molecule has 0 aliphatic rings. The van der Waals surface area contributed by atoms with Gasteiger partial charge in [0, 0.05) is 12.1 Å². The Balaban J connectivity index is 2.38. The van der Waals surface area contributed by atoms with Gasteiger partial charge in [0.05, 0.1) is 10.6 Å². The van der Waals surface area contributed by atoms with Gasteiger partial charge in [0.15, 0.2) is 5.75 Å². The lowest BCUT2D eigenvalue weighted by molar-refractivity contribution is -0.384. The minimum Gasteiger partial charge on any atom is -0.455 e. The highest BCUT2D eigenvalue weighted by atomic mass is 16.6. The standard InChI is InChI=1S/C16H18N2O3/c1-10(2)13-6-4-11(3)8-16(13)21-15-7-5-12(18(19)20)9-14(15)17/h4-10H,17H2,1-3H3. The number of aryl methyl sites for hydroxylation is 1. The van der Waals surface area contributed by atoms with Gasteiger partial charge in [0.25, 0.3) is 5.69 Å². The van der Waals surface area contributed by atoms with Crippen molar-refractivity contribution in [2.75, 3.05) is 5.73 Å². The molecular weight excluding hydrogens is 268 g/mol. The van der Waals surface area contributed by atoms with Crippen LogP contribution in [0.1, 0.15) is 30.9 Å². The van der Waals surface area contributed by atoms with Crippen LogP contribution in [0, 0.1) is 17.0 Å². The smallest absolute Gasteiger partial charge is 0.271 e. The highest BCUT2D eigenvalue weighted by Crippen LogP contribution is 2.35. The Bertz CT molecular complexity index is 681. The number of rotatable bonds is 4. The Hall–Kier alpha value is -2.56. The molecule has 0 fully saturated rings. The summed E-state index contributed by atoms with van der Waals surface area (Å²) in [4.78, 5) is 10.2. The molecule has 0 aliphatic heterocycles. The summed E-state index contributed by atoms with van der Waals surface area (Å²) in [5.74, 6) is 1.46. The Morgan fingerprint density at radius 2 is 1.86 bits per heavy atom. The van der Waals surface area contributed by atoms with Crippen molar-refractivity contribution in [3.8, 4) is 11.5 Å². The van der Waals surface area contributed by atoms with Crippen LogP contribution in [-0.4, -0.2) is 4.92 Å². The molecule has 0 spiro atoms. The van der Waals surface area contributed by atoms with Gasteiger partial charge in [-0.25, -0.2) is 0 Å². The van der Waals surface area contributed by atoms with Crippen LogP contribution in [0.3, 0.4) is 0 Å². The first-order valence-corrected chi connectivity index (χ1v) is 6.71. The van der Waals surface area contributed by atoms with Crippen molar-refractivity contribution in [2.45, 2.75) is 26.7 Å². The van der Waals surface area contributed by atoms with Crippen LogP contribution in [0.15, 0.2) is 36.4 Å². The number of hydrogen-bond acceptors (Lipinski definition) is 4. The third-order valence-corrected chi connectivity index (χ3v) is 3.22. The normalized spacial score (nSPS) is 10.7. The Kier molecular flexibility index (Phi) is 4.12. The summed E-state index contributed by atoms with van der Waals surface area (Å²) in [6, 6.07) is 10.2. The first-order valence-electron chi connectivity index (χ1n) is 6.71. The van der Waals surface area contributed by atoms with Crippen molar-refractivity contribution in [1.82, 2.24) is 0 Å². The largest absolute Gasteiger partial charge is 0.455 e. The Labute approximate surface area is 123 Å². The number of nitrogen functional groups attached to an aromatic ring is 1. The van der Waals surface area contributed by atoms with Gasteiger partial charge in [-0.15, -0.1) is 0 Å². The Morgan fingerprint density at radius 3 is 2.43 bits per heavy atom. The number of non-ortho nitro benzene ring substituents is 1. The van der Waals surface area contributed by atoms with Crippen LogP contribution in [-0.2, 0) is 0 Å². The van der Waals surface area contributed by atoms with Crippen LogP contribution in [0.4, 0.5) is 11.4 Å². The molecule has 0 aliphatic carbocycles. The molecule has 21 heavy (non-hydrogen) atoms. The summed E-state index contributed by atoms with van der Waals surface area (Å²) in [5, 5.41) is 10.7. The minimum absolute atomic E-state index is 0.0480. The van der Waals surface area contributed by atoms with Gasteiger partial charge in [-0.3, -0.25) is 10.1 Å². The number of nitro benzene ring substituents is 1. The zero-order valence-electron chi connectivity index (χ0n) is 12.3. The molecule has 0 saturated heterocycles. The average molecular weight is 286 g/mol. The van der Waals surface area contributed by atoms with E-state index in [1.165, 1.54) is 18.2 Å². The second-order valence-corrected chi connectivity index (χ2v) is 5.28. The molecule has 0 unspecified atom stereocenters. The maximum absolute atomic E-state index is 10.7. The Morgan fingerprint density at radius 1 is 1.14 bits per heavy atom. The second kappa shape index (κ2) is 5.83. The summed E-state index contributed by atoms with van der Waals surface area (Å²) >= 11 is 0. The number of hydrogen-bond donors (Lipinski definition) is 1. The molecule has 5 heteroatoms. The highest BCUT2D eigenvalue weighted by molar-refractivity contribution is 5.60. The molecule has 0 bridgehead atoms. The van der Waals surface area contributed by atoms with Crippen molar-refractivity contribution in [3.05, 3.63) is 57.6 Å². The van der Waals surface area contributed by atoms with Crippen molar-refractivity contribution in [2.24, 2.45) is 0 Å². The zero-order chi connectivity index (χ0) is 15.6. The molecule has 2 rings (SSSR count). The summed E-state index contributed by atoms with van der Waals surface area (Å²) in [6.45, 7) is 6.14. The number of benzene rings is 2. The maximum Gasteiger partial charge on any atom is 0.271 e. The molecule has 0 heterocycles. The van der Waals surface area contributed by atoms with Crippen molar-refractivity contribution < 1.29 is 9.66 Å². The molecule has 0 radical (unpaired) electrons. The first kappa shape index (κ1) is 14.8. The van der Waals surface area contributed by atoms with Gasteiger partial charge < -0.3 is 10.5 Å². The van der Waals surface area contributed by atoms with Crippen molar-refractivity contribution in [3.63, 3.8) is 0 Å². The van der Waals surface area contributed by atoms with Gasteiger partial charge in [0.2, 0.25) is 0 Å². The third kappa shape index (κ3) is 3.31. The molecule has 0 aromatic heterocycles. The van der Waals surface area contributed by atoms with Crippen molar-refractivity contribution >= 4 is 11.4 Å². The van der Waals surface area contributed by atoms with E-state index in [0.717, 1.165) is 16.9 Å². The van der Waals surface area contributed by atoms with E-state index in [-0.39, 0.29) is 11.4 Å². The predicted molar refractivity (Wildman–Crippen MR) is 82.9 cm³/mol. The fraction of sp³-hybridized carbons (Fsp3) is 0.250. The monoisotopic (exact) mass is 286 g/mol. The van der Waals surface area contributed by atoms with Crippen LogP contribution in [0.2, 0.25) is 0 Å². The zero-order valence-corrected chi connectivity index (χ0v) is 12.3. The molecule has 2 N–H and O–H groups in total. The molecule has 2 aromatic carbocycles. The van der Waals surface area contributed by atoms with Crippen LogP contribution < -0.4 is 10.5 Å². The van der Waals surface area contributed by atoms with E-state index in [9.17, 15) is 10.1 Å². The fourth-order valence-electron chi connectivity index (χ4n) is 2.07. The molecule has 0 amide bonds. The number of nitrogens with two attached hydrogens (primary N) is 1. The van der Waals surface area contributed by atoms with E-state index in [1.54, 1.807) is 0 Å². The average Bonchev–Trinajstić information content (AvgIpc) is 2.40. The van der Waals surface area contributed by atoms with E-state index >= 15 is 0 Å². The third-order valence-electron chi connectivity index (χ3n) is 3.22. The summed E-state index contributed by atoms with van der Waals surface area (Å²) < 4.78 is 5.87. The molecule has 110 valence electrons. The van der Waals surface area contributed by atoms with Gasteiger partial charge >= 0.3 is 0 Å². The van der Waals surface area contributed by atoms with E-state index in [0.29, 0.717) is 11.7 Å². The molecular formula is C16H18N2O3. The van der Waals surface area contributed by atoms with Crippen LogP contribution >= 0.6 is 0 Å². The minimum atomic E-state index is -0.480. The second-order valence-electron chi connectivity index (χ2n) is 5.28. The first-order chi connectivity index (χ1) is 9.88. The van der Waals surface area contributed by atoms with Gasteiger partial charge in [-0.2, -0.15) is 0 Å². The molecule has 0 atom stereocenters. The fourth-order valence-corrected chi connectivity index (χ4v) is 2.07. The predicted octanol–water partition coefficient (Wildman–Crippen LogP) is 4.40. The van der Waals surface area contributed by atoms with E-state index in [2.05, 4.69) is 13.8 Å². The number of nitro groups is 1. The summed E-state index contributed by atoms with van der Waals surface area (Å²) in [7, 11) is 0. The van der Waals surface area contributed by atoms with E-state index in [1.807, 2.05) is 25.1 Å². The molecule has 5 nitrogen and oxygen atoms in total. The summed E-state index contributed by atoms with van der Waals surface area (Å²) in [5.41, 5.74) is 8.19. The van der Waals surface area contributed by atoms with Crippen molar-refractivity contribution in [1.29, 1.82) is 0 Å². The lowest BCUT2D eigenvalue weighted by atomic mass is 10.0. The number of anilines is 1. The van der Waals surface area contributed by atoms with E-state index < -0.39 is 4.92 Å². The summed E-state index contributed by atoms with van der Waals surface area (Å²) in [6.07, 6.45) is 0. The van der Waals surface area contributed by atoms with Gasteiger partial charge in [0.1, 0.15) is 5.75 Å². The number of ether oxygens (including phenoxy) is 1. The highest BCUT2D eigenvalue weighted by Gasteiger charge is 2.13. The van der Waals surface area contributed by atoms with Gasteiger partial charge in [-0.1, -0.05) is 26.0 Å². The molecule has 2 aromatic rings. The molecule has 0 saturated carbocycles. The quantitative estimate of drug-likeness (QED) is 0.513. The maximum atomic E-state index is 10.7. The van der Waals surface area contributed by atoms with Crippen LogP contribution in [0.5, 0.6) is 11.5 Å². The lowest BCUT2D eigenvalue weighted by Crippen LogP contribution is -1.98. The number of nitrogens with zero attached hydrogens (tertiary/aromatic N) is 1. The SMILES string of the molecule is Cc1ccc(C(C)C)c(Oc2ccc([N+](=O)[O-])cc2N)c1. The van der Waals surface area contributed by atoms with Crippen LogP contribution in [0.25, 0.3) is 0 Å². The van der Waals surface area contributed by atoms with E-state index in [4.69, 9.17) is 10.5 Å². The lowest BCUT2D eigenvalue weighted by Gasteiger charge is -2.15. The van der Waals surface area contributed by atoms with Gasteiger partial charge in [-0.05, 0) is 36.1 Å².